The van der Waals surface area contributed by atoms with Crippen LogP contribution in [0.25, 0.3) is 0 Å². The number of aromatic nitrogens is 1. The zero-order valence-electron chi connectivity index (χ0n) is 20.5. The molecule has 1 fully saturated rings. The number of esters is 1. The third-order valence-electron chi connectivity index (χ3n) is 6.29. The molecule has 0 aliphatic heterocycles. The van der Waals surface area contributed by atoms with Crippen LogP contribution in [-0.4, -0.2) is 51.3 Å². The fourth-order valence-corrected chi connectivity index (χ4v) is 4.13. The summed E-state index contributed by atoms with van der Waals surface area (Å²) in [5.41, 5.74) is 1.08. The number of hydrogen-bond donors (Lipinski definition) is 2. The standard InChI is InChI=1S/C27H30N2O7/c1-15(2)27(35)36-25-16(3)22(31)24(33)20(29-14-18-10-7-11-28-26(18)34)13-21(30)23(32)19(25)12-17-8-5-4-6-9-17/h4-11,15-16,19-20,25,29H,12-14H2,1-3H3,(H,28,34)/t16-,19+,20+,25-/m1/s1. The molecular formula is C27H30N2O7. The third kappa shape index (κ3) is 6.28. The van der Waals surface area contributed by atoms with E-state index in [0.29, 0.717) is 5.56 Å². The lowest BCUT2D eigenvalue weighted by atomic mass is 9.81. The molecule has 4 atom stereocenters. The molecule has 1 aromatic carbocycles. The van der Waals surface area contributed by atoms with Crippen LogP contribution in [0.4, 0.5) is 0 Å². The number of nitrogens with one attached hydrogen (secondary N) is 1. The molecule has 2 aromatic rings. The molecule has 1 saturated carbocycles. The topological polar surface area (TPSA) is 140 Å². The number of nitrogens with zero attached hydrogens (tertiary/aromatic N) is 1. The Labute approximate surface area is 209 Å². The van der Waals surface area contributed by atoms with Crippen LogP contribution in [0, 0.1) is 17.8 Å². The van der Waals surface area contributed by atoms with E-state index in [4.69, 9.17) is 4.74 Å². The molecule has 0 unspecified atom stereocenters. The largest absolute Gasteiger partial charge is 0.493 e. The van der Waals surface area contributed by atoms with E-state index in [-0.39, 0.29) is 18.8 Å². The summed E-state index contributed by atoms with van der Waals surface area (Å²) in [6.07, 6.45) is -0.362. The molecule has 0 bridgehead atoms. The summed E-state index contributed by atoms with van der Waals surface area (Å²) in [5, 5.41) is 12.7. The Morgan fingerprint density at radius 3 is 2.39 bits per heavy atom. The van der Waals surface area contributed by atoms with Gasteiger partial charge in [-0.05, 0) is 18.1 Å². The zero-order valence-corrected chi connectivity index (χ0v) is 20.5. The highest BCUT2D eigenvalue weighted by Crippen LogP contribution is 2.28. The molecule has 190 valence electrons. The molecule has 2 N–H and O–H groups in total. The van der Waals surface area contributed by atoms with Gasteiger partial charge in [0.15, 0.2) is 0 Å². The van der Waals surface area contributed by atoms with Crippen LogP contribution in [0.15, 0.2) is 48.7 Å². The summed E-state index contributed by atoms with van der Waals surface area (Å²) >= 11 is 0. The summed E-state index contributed by atoms with van der Waals surface area (Å²) in [4.78, 5) is 69.2. The van der Waals surface area contributed by atoms with E-state index in [0.717, 1.165) is 5.56 Å². The lowest BCUT2D eigenvalue weighted by molar-refractivity contribution is -0.163. The quantitative estimate of drug-likeness (QED) is 0.437. The second-order valence-corrected chi connectivity index (χ2v) is 9.28. The first kappa shape index (κ1) is 26.9. The first-order chi connectivity index (χ1) is 17.1. The molecule has 1 aliphatic carbocycles. The Hall–Kier alpha value is -3.72. The number of hydrogen-bond acceptors (Lipinski definition) is 9. The number of pyridine rings is 1. The van der Waals surface area contributed by atoms with Gasteiger partial charge in [-0.3, -0.25) is 24.0 Å². The van der Waals surface area contributed by atoms with E-state index in [1.807, 2.05) is 0 Å². The van der Waals surface area contributed by atoms with Crippen LogP contribution in [0.3, 0.4) is 0 Å². The van der Waals surface area contributed by atoms with E-state index < -0.39 is 65.4 Å². The molecule has 0 spiro atoms. The van der Waals surface area contributed by atoms with E-state index in [1.165, 1.54) is 13.1 Å². The van der Waals surface area contributed by atoms with Gasteiger partial charge in [0.25, 0.3) is 0 Å². The SMILES string of the molecule is CC(C)C(=O)O[C@@H]1[C@H](C)C(=O)C(=O)[C@@H](NCc2cccnc2O)CC(=O)C(=O)[C@@H]1Cc1ccccc1. The van der Waals surface area contributed by atoms with Crippen molar-refractivity contribution in [3.8, 4) is 5.88 Å². The number of Topliss-reactive ketones (excluding diaryl/α,β-unsaturated/α-hetero) is 4. The van der Waals surface area contributed by atoms with Gasteiger partial charge in [-0.25, -0.2) is 4.98 Å². The molecule has 1 heterocycles. The van der Waals surface area contributed by atoms with E-state index in [1.54, 1.807) is 56.3 Å². The number of ether oxygens (including phenoxy) is 1. The average Bonchev–Trinajstić information content (AvgIpc) is 2.89. The first-order valence-electron chi connectivity index (χ1n) is 11.9. The highest BCUT2D eigenvalue weighted by atomic mass is 16.5. The van der Waals surface area contributed by atoms with Crippen molar-refractivity contribution in [2.75, 3.05) is 0 Å². The lowest BCUT2D eigenvalue weighted by Gasteiger charge is -2.29. The van der Waals surface area contributed by atoms with Gasteiger partial charge in [0, 0.05) is 24.7 Å². The molecule has 0 saturated heterocycles. The summed E-state index contributed by atoms with van der Waals surface area (Å²) in [6.45, 7) is 4.60. The maximum Gasteiger partial charge on any atom is 0.308 e. The van der Waals surface area contributed by atoms with Gasteiger partial charge >= 0.3 is 5.97 Å². The Morgan fingerprint density at radius 2 is 1.75 bits per heavy atom. The molecule has 9 heteroatoms. The normalized spacial score (nSPS) is 23.2. The average molecular weight is 495 g/mol. The number of ketones is 4. The van der Waals surface area contributed by atoms with Crippen molar-refractivity contribution in [1.82, 2.24) is 10.3 Å². The van der Waals surface area contributed by atoms with Crippen molar-refractivity contribution in [1.29, 1.82) is 0 Å². The van der Waals surface area contributed by atoms with Gasteiger partial charge in [0.1, 0.15) is 6.10 Å². The Bertz CT molecular complexity index is 1150. The first-order valence-corrected chi connectivity index (χ1v) is 11.9. The summed E-state index contributed by atoms with van der Waals surface area (Å²) in [5.74, 6) is -7.09. The molecule has 0 radical (unpaired) electrons. The zero-order chi connectivity index (χ0) is 26.4. The fraction of sp³-hybridized carbons (Fsp3) is 0.407. The number of aromatic hydroxyl groups is 1. The monoisotopic (exact) mass is 494 g/mol. The van der Waals surface area contributed by atoms with Crippen molar-refractivity contribution in [2.24, 2.45) is 17.8 Å². The van der Waals surface area contributed by atoms with E-state index in [9.17, 15) is 29.1 Å². The molecular weight excluding hydrogens is 464 g/mol. The molecule has 9 nitrogen and oxygen atoms in total. The van der Waals surface area contributed by atoms with E-state index in [2.05, 4.69) is 10.3 Å². The maximum atomic E-state index is 13.4. The van der Waals surface area contributed by atoms with Crippen molar-refractivity contribution >= 4 is 29.1 Å². The predicted molar refractivity (Wildman–Crippen MR) is 129 cm³/mol. The second kappa shape index (κ2) is 11.8. The van der Waals surface area contributed by atoms with Gasteiger partial charge in [-0.1, -0.05) is 57.2 Å². The van der Waals surface area contributed by atoms with Crippen LogP contribution in [0.1, 0.15) is 38.3 Å². The number of carbonyl (C=O) groups is 5. The number of carbonyl (C=O) groups excluding carboxylic acids is 5. The van der Waals surface area contributed by atoms with Crippen molar-refractivity contribution in [2.45, 2.75) is 52.3 Å². The molecule has 1 aromatic heterocycles. The van der Waals surface area contributed by atoms with Gasteiger partial charge in [0.2, 0.25) is 29.0 Å². The van der Waals surface area contributed by atoms with Crippen molar-refractivity contribution < 1.29 is 33.8 Å². The van der Waals surface area contributed by atoms with Crippen LogP contribution >= 0.6 is 0 Å². The Morgan fingerprint density at radius 1 is 1.06 bits per heavy atom. The van der Waals surface area contributed by atoms with Gasteiger partial charge in [-0.15, -0.1) is 0 Å². The predicted octanol–water partition coefficient (Wildman–Crippen LogP) is 1.99. The fourth-order valence-electron chi connectivity index (χ4n) is 4.13. The smallest absolute Gasteiger partial charge is 0.308 e. The highest BCUT2D eigenvalue weighted by molar-refractivity contribution is 6.44. The molecule has 1 aliphatic rings. The van der Waals surface area contributed by atoms with Crippen LogP contribution < -0.4 is 5.32 Å². The molecule has 3 rings (SSSR count). The van der Waals surface area contributed by atoms with Crippen LogP contribution in [0.2, 0.25) is 0 Å². The third-order valence-corrected chi connectivity index (χ3v) is 6.29. The second-order valence-electron chi connectivity index (χ2n) is 9.28. The Balaban J connectivity index is 1.96. The van der Waals surface area contributed by atoms with Gasteiger partial charge < -0.3 is 15.2 Å². The Kier molecular flexibility index (Phi) is 8.82. The molecule has 0 amide bonds. The van der Waals surface area contributed by atoms with Gasteiger partial charge in [0.05, 0.1) is 23.8 Å². The highest BCUT2D eigenvalue weighted by Gasteiger charge is 2.46. The molecule has 36 heavy (non-hydrogen) atoms. The van der Waals surface area contributed by atoms with Gasteiger partial charge in [-0.2, -0.15) is 0 Å². The minimum atomic E-state index is -1.28. The maximum absolute atomic E-state index is 13.4. The lowest BCUT2D eigenvalue weighted by Crippen LogP contribution is -2.46. The summed E-state index contributed by atoms with van der Waals surface area (Å²) in [6, 6.07) is 10.8. The summed E-state index contributed by atoms with van der Waals surface area (Å²) < 4.78 is 5.61. The minimum absolute atomic E-state index is 0.0571. The minimum Gasteiger partial charge on any atom is -0.493 e. The van der Waals surface area contributed by atoms with Crippen molar-refractivity contribution in [3.63, 3.8) is 0 Å². The van der Waals surface area contributed by atoms with Crippen molar-refractivity contribution in [3.05, 3.63) is 59.8 Å². The number of benzene rings is 1. The van der Waals surface area contributed by atoms with Crippen LogP contribution in [-0.2, 0) is 41.7 Å². The van der Waals surface area contributed by atoms with E-state index >= 15 is 0 Å². The van der Waals surface area contributed by atoms with Crippen LogP contribution in [0.5, 0.6) is 5.88 Å². The summed E-state index contributed by atoms with van der Waals surface area (Å²) in [7, 11) is 0. The number of rotatable bonds is 7.